The molecule has 1 aromatic carbocycles. The van der Waals surface area contributed by atoms with Gasteiger partial charge in [0, 0.05) is 12.5 Å². The van der Waals surface area contributed by atoms with Crippen LogP contribution in [-0.4, -0.2) is 13.1 Å². The summed E-state index contributed by atoms with van der Waals surface area (Å²) in [6, 6.07) is 3.26. The molecule has 0 atom stereocenters. The van der Waals surface area contributed by atoms with Crippen LogP contribution in [0.2, 0.25) is 0 Å². The fourth-order valence-electron chi connectivity index (χ4n) is 1.21. The van der Waals surface area contributed by atoms with Gasteiger partial charge in [-0.05, 0) is 19.1 Å². The molecule has 0 aliphatic carbocycles. The van der Waals surface area contributed by atoms with Gasteiger partial charge in [0.2, 0.25) is 5.39 Å². The Bertz CT molecular complexity index is 435. The van der Waals surface area contributed by atoms with E-state index in [0.717, 1.165) is 5.56 Å². The number of hydrogen-bond acceptors (Lipinski definition) is 4. The molecule has 0 aliphatic rings. The van der Waals surface area contributed by atoms with Gasteiger partial charge in [-0.25, -0.2) is 0 Å². The van der Waals surface area contributed by atoms with Crippen molar-refractivity contribution < 1.29 is 14.3 Å². The summed E-state index contributed by atoms with van der Waals surface area (Å²) in [5.74, 6) is 0.0251. The Kier molecular flexibility index (Phi) is 3.24. The first kappa shape index (κ1) is 11.0. The Balaban J connectivity index is 3.30. The number of esters is 1. The summed E-state index contributed by atoms with van der Waals surface area (Å²) in [6.07, 6.45) is 0. The van der Waals surface area contributed by atoms with E-state index in [1.165, 1.54) is 14.0 Å². The molecule has 0 heterocycles. The van der Waals surface area contributed by atoms with Crippen LogP contribution in [0.15, 0.2) is 12.1 Å². The fraction of sp³-hybridized carbons (Fsp3) is 0.300. The standard InChI is InChI=1S/C10H11N2O3/c1-6-4-5-8(15-7(2)13)10(14-3)9(6)12-11/h4-5H,1-3H3/q+1. The van der Waals surface area contributed by atoms with Crippen molar-refractivity contribution in [1.29, 1.82) is 5.39 Å². The van der Waals surface area contributed by atoms with Crippen LogP contribution in [0.1, 0.15) is 12.5 Å². The first-order valence-corrected chi connectivity index (χ1v) is 4.31. The zero-order chi connectivity index (χ0) is 11.4. The zero-order valence-corrected chi connectivity index (χ0v) is 8.77. The molecule has 0 radical (unpaired) electrons. The van der Waals surface area contributed by atoms with Gasteiger partial charge in [0.25, 0.3) is 5.75 Å². The fourth-order valence-corrected chi connectivity index (χ4v) is 1.21. The second kappa shape index (κ2) is 4.42. The summed E-state index contributed by atoms with van der Waals surface area (Å²) in [4.78, 5) is 13.9. The van der Waals surface area contributed by atoms with Crippen LogP contribution in [0.25, 0.3) is 4.98 Å². The first-order valence-electron chi connectivity index (χ1n) is 4.31. The van der Waals surface area contributed by atoms with E-state index in [-0.39, 0.29) is 17.2 Å². The lowest BCUT2D eigenvalue weighted by Gasteiger charge is -2.05. The number of methoxy groups -OCH3 is 1. The van der Waals surface area contributed by atoms with Gasteiger partial charge in [-0.3, -0.25) is 4.79 Å². The number of hydrogen-bond donors (Lipinski definition) is 0. The summed E-state index contributed by atoms with van der Waals surface area (Å²) in [5, 5.41) is 8.79. The summed E-state index contributed by atoms with van der Waals surface area (Å²) in [5.41, 5.74) is 0.988. The van der Waals surface area contributed by atoms with Gasteiger partial charge < -0.3 is 9.47 Å². The van der Waals surface area contributed by atoms with Crippen molar-refractivity contribution in [3.05, 3.63) is 22.7 Å². The van der Waals surface area contributed by atoms with Crippen molar-refractivity contribution in [3.63, 3.8) is 0 Å². The molecule has 0 saturated carbocycles. The lowest BCUT2D eigenvalue weighted by atomic mass is 10.2. The minimum absolute atomic E-state index is 0.239. The Morgan fingerprint density at radius 3 is 2.60 bits per heavy atom. The average molecular weight is 207 g/mol. The van der Waals surface area contributed by atoms with Crippen molar-refractivity contribution in [1.82, 2.24) is 0 Å². The molecule has 0 aromatic heterocycles. The number of carbonyl (C=O) groups is 1. The SMILES string of the molecule is COc1c(OC(C)=O)ccc(C)c1[N+]#N. The number of carbonyl (C=O) groups excluding carboxylic acids is 1. The smallest absolute Gasteiger partial charge is 0.433 e. The Morgan fingerprint density at radius 1 is 1.47 bits per heavy atom. The van der Waals surface area contributed by atoms with E-state index in [4.69, 9.17) is 14.9 Å². The highest BCUT2D eigenvalue weighted by Gasteiger charge is 2.24. The van der Waals surface area contributed by atoms with E-state index in [1.54, 1.807) is 19.1 Å². The highest BCUT2D eigenvalue weighted by molar-refractivity contribution is 5.74. The molecule has 1 rings (SSSR count). The minimum atomic E-state index is -0.457. The number of ether oxygens (including phenoxy) is 2. The molecule has 0 N–H and O–H groups in total. The molecule has 5 heteroatoms. The van der Waals surface area contributed by atoms with Crippen LogP contribution in [-0.2, 0) is 4.79 Å². The summed E-state index contributed by atoms with van der Waals surface area (Å²) >= 11 is 0. The molecular formula is C10H11N2O3+. The maximum atomic E-state index is 10.8. The van der Waals surface area contributed by atoms with E-state index in [1.807, 2.05) is 0 Å². The zero-order valence-electron chi connectivity index (χ0n) is 8.77. The quantitative estimate of drug-likeness (QED) is 0.424. The molecule has 0 saturated heterocycles. The van der Waals surface area contributed by atoms with Crippen molar-refractivity contribution >= 4 is 11.7 Å². The van der Waals surface area contributed by atoms with Crippen molar-refractivity contribution in [2.75, 3.05) is 7.11 Å². The topological polar surface area (TPSA) is 63.7 Å². The highest BCUT2D eigenvalue weighted by Crippen LogP contribution is 2.39. The summed E-state index contributed by atoms with van der Waals surface area (Å²) in [6.45, 7) is 3.05. The second-order valence-corrected chi connectivity index (χ2v) is 2.96. The molecular weight excluding hydrogens is 196 g/mol. The van der Waals surface area contributed by atoms with Crippen molar-refractivity contribution in [2.45, 2.75) is 13.8 Å². The molecule has 15 heavy (non-hydrogen) atoms. The third-order valence-electron chi connectivity index (χ3n) is 1.85. The van der Waals surface area contributed by atoms with Gasteiger partial charge in [-0.15, -0.1) is 0 Å². The molecule has 0 spiro atoms. The van der Waals surface area contributed by atoms with Gasteiger partial charge in [0.1, 0.15) is 0 Å². The number of aryl methyl sites for hydroxylation is 1. The van der Waals surface area contributed by atoms with Gasteiger partial charge >= 0.3 is 11.7 Å². The third kappa shape index (κ3) is 2.23. The molecule has 0 unspecified atom stereocenters. The molecule has 5 nitrogen and oxygen atoms in total. The summed E-state index contributed by atoms with van der Waals surface area (Å²) in [7, 11) is 1.41. The minimum Gasteiger partial charge on any atom is -0.487 e. The Morgan fingerprint density at radius 2 is 2.13 bits per heavy atom. The maximum absolute atomic E-state index is 10.8. The normalized spacial score (nSPS) is 9.20. The van der Waals surface area contributed by atoms with E-state index >= 15 is 0 Å². The number of nitrogens with zero attached hydrogens (tertiary/aromatic N) is 2. The van der Waals surface area contributed by atoms with Crippen LogP contribution < -0.4 is 9.47 Å². The van der Waals surface area contributed by atoms with Crippen LogP contribution in [0.5, 0.6) is 11.5 Å². The van der Waals surface area contributed by atoms with Crippen molar-refractivity contribution in [3.8, 4) is 11.5 Å². The van der Waals surface area contributed by atoms with Gasteiger partial charge in [-0.1, -0.05) is 0 Å². The number of benzene rings is 1. The van der Waals surface area contributed by atoms with E-state index in [2.05, 4.69) is 4.98 Å². The average Bonchev–Trinajstić information content (AvgIpc) is 2.19. The Labute approximate surface area is 87.2 Å². The van der Waals surface area contributed by atoms with Crippen LogP contribution in [0, 0.1) is 12.3 Å². The van der Waals surface area contributed by atoms with E-state index in [0.29, 0.717) is 0 Å². The first-order chi connectivity index (χ1) is 7.10. The molecule has 0 bridgehead atoms. The molecule has 0 amide bonds. The Hall–Kier alpha value is -2.09. The third-order valence-corrected chi connectivity index (χ3v) is 1.85. The largest absolute Gasteiger partial charge is 0.487 e. The molecule has 1 aromatic rings. The lowest BCUT2D eigenvalue weighted by molar-refractivity contribution is -0.132. The second-order valence-electron chi connectivity index (χ2n) is 2.96. The van der Waals surface area contributed by atoms with Crippen LogP contribution in [0.3, 0.4) is 0 Å². The van der Waals surface area contributed by atoms with E-state index < -0.39 is 5.97 Å². The molecule has 78 valence electrons. The van der Waals surface area contributed by atoms with Crippen LogP contribution in [0.4, 0.5) is 5.69 Å². The lowest BCUT2D eigenvalue weighted by Crippen LogP contribution is -2.03. The van der Waals surface area contributed by atoms with Gasteiger partial charge in [0.05, 0.1) is 7.11 Å². The molecule has 0 fully saturated rings. The predicted octanol–water partition coefficient (Wildman–Crippen LogP) is 2.41. The molecule has 0 aliphatic heterocycles. The monoisotopic (exact) mass is 207 g/mol. The van der Waals surface area contributed by atoms with Gasteiger partial charge in [0.15, 0.2) is 10.7 Å². The van der Waals surface area contributed by atoms with E-state index in [9.17, 15) is 4.79 Å². The van der Waals surface area contributed by atoms with Crippen molar-refractivity contribution in [2.24, 2.45) is 0 Å². The van der Waals surface area contributed by atoms with Crippen LogP contribution >= 0.6 is 0 Å². The number of rotatable bonds is 2. The summed E-state index contributed by atoms with van der Waals surface area (Å²) < 4.78 is 9.92. The highest BCUT2D eigenvalue weighted by atomic mass is 16.6. The maximum Gasteiger partial charge on any atom is 0.433 e. The predicted molar refractivity (Wildman–Crippen MR) is 53.8 cm³/mol. The number of diazo groups is 1. The van der Waals surface area contributed by atoms with Gasteiger partial charge in [-0.2, -0.15) is 0 Å².